The molecule has 0 heterocycles. The molecular weight excluding hydrogens is 755 g/mol. The number of esters is 2. The van der Waals surface area contributed by atoms with Crippen LogP contribution in [-0.4, -0.2) is 98.3 Å². The third-order valence-corrected chi connectivity index (χ3v) is 10.3. The molecule has 1 rings (SSSR count). The minimum absolute atomic E-state index is 0.0402. The molecule has 0 saturated heterocycles. The van der Waals surface area contributed by atoms with Crippen molar-refractivity contribution in [1.82, 2.24) is 0 Å². The molecule has 0 aromatic carbocycles. The number of allylic oxidation sites excluding steroid dienone is 10. The molecule has 6 unspecified atom stereocenters. The van der Waals surface area contributed by atoms with Gasteiger partial charge < -0.3 is 39.9 Å². The molecule has 14 heteroatoms. The minimum atomic E-state index is -5.13. The largest absolute Gasteiger partial charge is 0.472 e. The molecule has 8 atom stereocenters. The lowest BCUT2D eigenvalue weighted by Crippen LogP contribution is -2.64. The van der Waals surface area contributed by atoms with Crippen molar-refractivity contribution < 1.29 is 63.1 Å². The SMILES string of the molecule is CC/C=C/C/C=C/C/C=C/C/C=C/CCCCC(=O)O[C@H](COC(=O)CCCCCCC/C=C/CCCCCC)COP(=O)(O)OC1C(O)C(O)C(O)[C@@H](O)C1O. The van der Waals surface area contributed by atoms with E-state index in [1.807, 2.05) is 6.08 Å². The molecule has 0 spiro atoms. The molecule has 0 aliphatic heterocycles. The highest BCUT2D eigenvalue weighted by Crippen LogP contribution is 2.47. The highest BCUT2D eigenvalue weighted by Gasteiger charge is 2.51. The summed E-state index contributed by atoms with van der Waals surface area (Å²) < 4.78 is 33.4. The molecule has 13 nitrogen and oxygen atoms in total. The van der Waals surface area contributed by atoms with E-state index >= 15 is 0 Å². The van der Waals surface area contributed by atoms with E-state index in [-0.39, 0.29) is 12.8 Å². The van der Waals surface area contributed by atoms with E-state index in [9.17, 15) is 44.6 Å². The van der Waals surface area contributed by atoms with E-state index in [2.05, 4.69) is 68.5 Å². The van der Waals surface area contributed by atoms with Gasteiger partial charge in [-0.1, -0.05) is 113 Å². The summed E-state index contributed by atoms with van der Waals surface area (Å²) in [6.45, 7) is 3.10. The molecule has 0 aromatic rings. The summed E-state index contributed by atoms with van der Waals surface area (Å²) in [7, 11) is -5.13. The fourth-order valence-corrected chi connectivity index (χ4v) is 6.89. The van der Waals surface area contributed by atoms with Crippen LogP contribution in [0.25, 0.3) is 0 Å². The number of hydrogen-bond donors (Lipinski definition) is 6. The Morgan fingerprint density at radius 1 is 0.561 bits per heavy atom. The van der Waals surface area contributed by atoms with Crippen LogP contribution < -0.4 is 0 Å². The van der Waals surface area contributed by atoms with Gasteiger partial charge in [0.15, 0.2) is 6.10 Å². The molecule has 1 aliphatic carbocycles. The van der Waals surface area contributed by atoms with E-state index in [1.165, 1.54) is 25.7 Å². The number of hydrogen-bond acceptors (Lipinski definition) is 12. The van der Waals surface area contributed by atoms with Crippen molar-refractivity contribution in [3.63, 3.8) is 0 Å². The second-order valence-corrected chi connectivity index (χ2v) is 15.9. The molecule has 1 saturated carbocycles. The maximum Gasteiger partial charge on any atom is 0.472 e. The highest BCUT2D eigenvalue weighted by molar-refractivity contribution is 7.47. The molecule has 0 aromatic heterocycles. The van der Waals surface area contributed by atoms with Crippen molar-refractivity contribution in [2.75, 3.05) is 13.2 Å². The Morgan fingerprint density at radius 2 is 1.00 bits per heavy atom. The van der Waals surface area contributed by atoms with Gasteiger partial charge in [0.05, 0.1) is 6.61 Å². The molecule has 328 valence electrons. The van der Waals surface area contributed by atoms with Crippen LogP contribution >= 0.6 is 7.82 Å². The Balaban J connectivity index is 2.55. The lowest BCUT2D eigenvalue weighted by Gasteiger charge is -2.41. The maximum absolute atomic E-state index is 12.8. The topological polar surface area (TPSA) is 210 Å². The third kappa shape index (κ3) is 26.3. The first-order valence-electron chi connectivity index (χ1n) is 21.1. The van der Waals surface area contributed by atoms with E-state index < -0.39 is 75.7 Å². The standard InChI is InChI=1S/C43H73O13P/c1-3-5-7-9-11-13-15-17-18-20-22-24-26-28-30-32-37(45)55-35(34-54-57(51,52)56-43-41(49)39(47)38(46)40(48)42(43)50)33-53-36(44)31-29-27-25-23-21-19-16-14-12-10-8-6-4-2/h5,7,11,13-14,16-18,22,24,35,38-43,46-50H,3-4,6,8-10,12,15,19-21,23,25-34H2,1-2H3,(H,51,52)/b7-5+,13-11+,16-14+,18-17+,24-22+/t35-,38?,39-,40?,41?,42?,43?/m1/s1. The zero-order valence-corrected chi connectivity index (χ0v) is 35.3. The summed E-state index contributed by atoms with van der Waals surface area (Å²) in [5, 5.41) is 50.0. The average Bonchev–Trinajstić information content (AvgIpc) is 3.19. The van der Waals surface area contributed by atoms with Gasteiger partial charge in [-0.25, -0.2) is 4.57 Å². The molecule has 0 bridgehead atoms. The lowest BCUT2D eigenvalue weighted by atomic mass is 9.85. The van der Waals surface area contributed by atoms with E-state index in [0.29, 0.717) is 19.3 Å². The first kappa shape index (κ1) is 52.6. The normalized spacial score (nSPS) is 23.3. The number of phosphoric ester groups is 1. The van der Waals surface area contributed by atoms with Crippen molar-refractivity contribution in [3.8, 4) is 0 Å². The summed E-state index contributed by atoms with van der Waals surface area (Å²) in [5.74, 6) is -1.17. The highest BCUT2D eigenvalue weighted by atomic mass is 31.2. The number of aliphatic hydroxyl groups is 5. The Hall–Kier alpha value is -2.45. The van der Waals surface area contributed by atoms with Crippen LogP contribution in [0.15, 0.2) is 60.8 Å². The van der Waals surface area contributed by atoms with Gasteiger partial charge in [0, 0.05) is 12.8 Å². The summed E-state index contributed by atoms with van der Waals surface area (Å²) in [5.41, 5.74) is 0. The molecule has 0 radical (unpaired) electrons. The predicted octanol–water partition coefficient (Wildman–Crippen LogP) is 7.38. The zero-order valence-electron chi connectivity index (χ0n) is 34.4. The number of phosphoric acid groups is 1. The van der Waals surface area contributed by atoms with Gasteiger partial charge in [0.2, 0.25) is 0 Å². The second-order valence-electron chi connectivity index (χ2n) is 14.5. The van der Waals surface area contributed by atoms with Crippen LogP contribution in [-0.2, 0) is 32.7 Å². The smallest absolute Gasteiger partial charge is 0.462 e. The van der Waals surface area contributed by atoms with Crippen LogP contribution in [0.1, 0.15) is 142 Å². The first-order chi connectivity index (χ1) is 27.4. The van der Waals surface area contributed by atoms with Gasteiger partial charge in [0.1, 0.15) is 43.2 Å². The Bertz CT molecular complexity index is 1230. The fraction of sp³-hybridized carbons (Fsp3) is 0.721. The van der Waals surface area contributed by atoms with Crippen LogP contribution in [0.3, 0.4) is 0 Å². The lowest BCUT2D eigenvalue weighted by molar-refractivity contribution is -0.220. The molecule has 6 N–H and O–H groups in total. The summed E-state index contributed by atoms with van der Waals surface area (Å²) >= 11 is 0. The third-order valence-electron chi connectivity index (χ3n) is 9.34. The van der Waals surface area contributed by atoms with E-state index in [4.69, 9.17) is 18.5 Å². The zero-order chi connectivity index (χ0) is 42.2. The van der Waals surface area contributed by atoms with Crippen LogP contribution in [0.4, 0.5) is 0 Å². The Labute approximate surface area is 341 Å². The van der Waals surface area contributed by atoms with Crippen molar-refractivity contribution >= 4 is 19.8 Å². The summed E-state index contributed by atoms with van der Waals surface area (Å²) in [4.78, 5) is 35.5. The van der Waals surface area contributed by atoms with Crippen LogP contribution in [0.2, 0.25) is 0 Å². The van der Waals surface area contributed by atoms with Gasteiger partial charge in [-0.05, 0) is 77.0 Å². The Kier molecular flexibility index (Phi) is 30.8. The number of carbonyl (C=O) groups excluding carboxylic acids is 2. The number of carbonyl (C=O) groups is 2. The average molecular weight is 829 g/mol. The number of ether oxygens (including phenoxy) is 2. The second kappa shape index (κ2) is 33.4. The number of unbranched alkanes of at least 4 members (excludes halogenated alkanes) is 11. The van der Waals surface area contributed by atoms with Gasteiger partial charge in [-0.2, -0.15) is 0 Å². The number of rotatable bonds is 33. The summed E-state index contributed by atoms with van der Waals surface area (Å²) in [6.07, 6.45) is 25.7. The quantitative estimate of drug-likeness (QED) is 0.0165. The fourth-order valence-electron chi connectivity index (χ4n) is 5.92. The molecule has 1 fully saturated rings. The Morgan fingerprint density at radius 3 is 1.58 bits per heavy atom. The summed E-state index contributed by atoms with van der Waals surface area (Å²) in [6, 6.07) is 0. The first-order valence-corrected chi connectivity index (χ1v) is 22.6. The van der Waals surface area contributed by atoms with E-state index in [1.54, 1.807) is 0 Å². The minimum Gasteiger partial charge on any atom is -0.462 e. The van der Waals surface area contributed by atoms with Gasteiger partial charge in [-0.15, -0.1) is 0 Å². The van der Waals surface area contributed by atoms with E-state index in [0.717, 1.165) is 70.6 Å². The molecule has 1 aliphatic rings. The maximum atomic E-state index is 12.8. The monoisotopic (exact) mass is 828 g/mol. The molecular formula is C43H73O13P. The number of aliphatic hydroxyl groups excluding tert-OH is 5. The van der Waals surface area contributed by atoms with Gasteiger partial charge in [-0.3, -0.25) is 18.6 Å². The molecule has 0 amide bonds. The predicted molar refractivity (Wildman–Crippen MR) is 221 cm³/mol. The molecule has 57 heavy (non-hydrogen) atoms. The van der Waals surface area contributed by atoms with Crippen LogP contribution in [0.5, 0.6) is 0 Å². The van der Waals surface area contributed by atoms with Crippen molar-refractivity contribution in [3.05, 3.63) is 60.8 Å². The van der Waals surface area contributed by atoms with Crippen molar-refractivity contribution in [1.29, 1.82) is 0 Å². The van der Waals surface area contributed by atoms with Gasteiger partial charge in [0.25, 0.3) is 0 Å². The van der Waals surface area contributed by atoms with Crippen molar-refractivity contribution in [2.24, 2.45) is 0 Å². The van der Waals surface area contributed by atoms with Crippen molar-refractivity contribution in [2.45, 2.75) is 185 Å². The van der Waals surface area contributed by atoms with Gasteiger partial charge >= 0.3 is 19.8 Å². The van der Waals surface area contributed by atoms with Crippen LogP contribution in [0, 0.1) is 0 Å².